The summed E-state index contributed by atoms with van der Waals surface area (Å²) in [6, 6.07) is 6.82. The SMILES string of the molecule is CC(C)Oc1ccc(OP(=O)(OCC2CO2)OCC2CO2)cc1. The highest BCUT2D eigenvalue weighted by Gasteiger charge is 2.36. The van der Waals surface area contributed by atoms with Crippen molar-refractivity contribution >= 4 is 7.82 Å². The summed E-state index contributed by atoms with van der Waals surface area (Å²) in [6.07, 6.45) is 0.0145. The minimum atomic E-state index is -3.71. The smallest absolute Gasteiger partial charge is 0.491 e. The largest absolute Gasteiger partial charge is 0.530 e. The van der Waals surface area contributed by atoms with Crippen LogP contribution in [0.25, 0.3) is 0 Å². The standard InChI is InChI=1S/C15H21O7P/c1-11(2)21-12-3-5-13(6-4-12)22-23(16,19-9-14-7-17-14)20-10-15-8-18-15/h3-6,11,14-15H,7-10H2,1-2H3. The second kappa shape index (κ2) is 7.20. The zero-order valence-electron chi connectivity index (χ0n) is 13.2. The number of epoxide rings is 2. The van der Waals surface area contributed by atoms with Crippen molar-refractivity contribution in [2.75, 3.05) is 26.4 Å². The Labute approximate surface area is 135 Å². The first-order valence-corrected chi connectivity index (χ1v) is 9.07. The Balaban J connectivity index is 1.59. The maximum Gasteiger partial charge on any atom is 0.530 e. The van der Waals surface area contributed by atoms with Crippen molar-refractivity contribution in [3.63, 3.8) is 0 Å². The molecule has 0 saturated carbocycles. The van der Waals surface area contributed by atoms with Crippen LogP contribution in [0.15, 0.2) is 24.3 Å². The molecule has 2 aliphatic heterocycles. The Morgan fingerprint density at radius 3 is 1.96 bits per heavy atom. The summed E-state index contributed by atoms with van der Waals surface area (Å²) in [7, 11) is -3.71. The molecule has 0 spiro atoms. The van der Waals surface area contributed by atoms with Crippen molar-refractivity contribution in [2.45, 2.75) is 32.2 Å². The van der Waals surface area contributed by atoms with Gasteiger partial charge < -0.3 is 18.7 Å². The molecule has 0 bridgehead atoms. The average molecular weight is 344 g/mol. The summed E-state index contributed by atoms with van der Waals surface area (Å²) >= 11 is 0. The number of rotatable bonds is 10. The van der Waals surface area contributed by atoms with Crippen molar-refractivity contribution in [2.24, 2.45) is 0 Å². The molecule has 23 heavy (non-hydrogen) atoms. The zero-order chi connectivity index (χ0) is 16.3. The number of phosphoric ester groups is 1. The van der Waals surface area contributed by atoms with Crippen LogP contribution in [-0.4, -0.2) is 44.7 Å². The second-order valence-corrected chi connectivity index (χ2v) is 7.27. The zero-order valence-corrected chi connectivity index (χ0v) is 14.1. The van der Waals surface area contributed by atoms with E-state index in [1.165, 1.54) is 0 Å². The van der Waals surface area contributed by atoms with E-state index >= 15 is 0 Å². The first-order valence-electron chi connectivity index (χ1n) is 7.61. The van der Waals surface area contributed by atoms with Crippen LogP contribution in [0.5, 0.6) is 11.5 Å². The molecule has 2 fully saturated rings. The molecule has 3 rings (SSSR count). The van der Waals surface area contributed by atoms with Gasteiger partial charge in [-0.15, -0.1) is 0 Å². The Bertz CT molecular complexity index is 531. The van der Waals surface area contributed by atoms with Crippen LogP contribution in [0.2, 0.25) is 0 Å². The van der Waals surface area contributed by atoms with E-state index in [2.05, 4.69) is 0 Å². The molecule has 0 N–H and O–H groups in total. The van der Waals surface area contributed by atoms with Gasteiger partial charge in [0.05, 0.1) is 32.5 Å². The lowest BCUT2D eigenvalue weighted by molar-refractivity contribution is 0.136. The summed E-state index contributed by atoms with van der Waals surface area (Å²) < 4.78 is 44.5. The van der Waals surface area contributed by atoms with E-state index in [-0.39, 0.29) is 31.5 Å². The third-order valence-electron chi connectivity index (χ3n) is 3.05. The van der Waals surface area contributed by atoms with E-state index in [1.54, 1.807) is 24.3 Å². The van der Waals surface area contributed by atoms with Gasteiger partial charge in [0, 0.05) is 0 Å². The minimum Gasteiger partial charge on any atom is -0.491 e. The van der Waals surface area contributed by atoms with Crippen molar-refractivity contribution in [3.8, 4) is 11.5 Å². The Kier molecular flexibility index (Phi) is 5.24. The lowest BCUT2D eigenvalue weighted by Gasteiger charge is -2.18. The Morgan fingerprint density at radius 2 is 1.52 bits per heavy atom. The number of hydrogen-bond donors (Lipinski definition) is 0. The molecular weight excluding hydrogens is 323 g/mol. The van der Waals surface area contributed by atoms with Crippen LogP contribution in [0, 0.1) is 0 Å². The van der Waals surface area contributed by atoms with Gasteiger partial charge in [-0.1, -0.05) is 0 Å². The topological polar surface area (TPSA) is 79.1 Å². The van der Waals surface area contributed by atoms with Gasteiger partial charge in [-0.05, 0) is 38.1 Å². The van der Waals surface area contributed by atoms with Gasteiger partial charge in [0.25, 0.3) is 0 Å². The molecule has 2 heterocycles. The molecule has 0 aromatic heterocycles. The third kappa shape index (κ3) is 5.79. The number of hydrogen-bond acceptors (Lipinski definition) is 7. The Hall–Kier alpha value is -1.11. The quantitative estimate of drug-likeness (QED) is 0.477. The van der Waals surface area contributed by atoms with Gasteiger partial charge >= 0.3 is 7.82 Å². The first kappa shape index (κ1) is 16.7. The molecule has 8 heteroatoms. The van der Waals surface area contributed by atoms with E-state index in [0.29, 0.717) is 24.7 Å². The summed E-state index contributed by atoms with van der Waals surface area (Å²) in [6.45, 7) is 5.45. The van der Waals surface area contributed by atoms with Crippen LogP contribution in [0.4, 0.5) is 0 Å². The van der Waals surface area contributed by atoms with Gasteiger partial charge in [-0.2, -0.15) is 0 Å². The fourth-order valence-corrected chi connectivity index (χ4v) is 3.01. The third-order valence-corrected chi connectivity index (χ3v) is 4.42. The molecule has 0 aliphatic carbocycles. The van der Waals surface area contributed by atoms with E-state index in [1.807, 2.05) is 13.8 Å². The molecule has 128 valence electrons. The number of ether oxygens (including phenoxy) is 3. The Morgan fingerprint density at radius 1 is 1.04 bits per heavy atom. The normalized spacial score (nSPS) is 25.0. The van der Waals surface area contributed by atoms with Crippen molar-refractivity contribution in [3.05, 3.63) is 24.3 Å². The molecule has 0 amide bonds. The monoisotopic (exact) mass is 344 g/mol. The highest BCUT2D eigenvalue weighted by Crippen LogP contribution is 2.50. The van der Waals surface area contributed by atoms with E-state index in [9.17, 15) is 4.57 Å². The predicted octanol–water partition coefficient (Wildman–Crippen LogP) is 2.79. The van der Waals surface area contributed by atoms with Crippen molar-refractivity contribution in [1.29, 1.82) is 0 Å². The summed E-state index contributed by atoms with van der Waals surface area (Å²) in [5, 5.41) is 0. The number of benzene rings is 1. The molecule has 2 unspecified atom stereocenters. The number of phosphoric acid groups is 1. The second-order valence-electron chi connectivity index (χ2n) is 5.68. The van der Waals surface area contributed by atoms with E-state index < -0.39 is 7.82 Å². The molecule has 7 nitrogen and oxygen atoms in total. The predicted molar refractivity (Wildman–Crippen MR) is 81.8 cm³/mol. The van der Waals surface area contributed by atoms with Gasteiger partial charge in [-0.3, -0.25) is 9.05 Å². The molecular formula is C15H21O7P. The lowest BCUT2D eigenvalue weighted by Crippen LogP contribution is -2.10. The van der Waals surface area contributed by atoms with Gasteiger partial charge in [0.1, 0.15) is 23.7 Å². The maximum absolute atomic E-state index is 12.7. The van der Waals surface area contributed by atoms with Crippen LogP contribution in [-0.2, 0) is 23.1 Å². The van der Waals surface area contributed by atoms with Gasteiger partial charge in [0.2, 0.25) is 0 Å². The molecule has 2 saturated heterocycles. The maximum atomic E-state index is 12.7. The summed E-state index contributed by atoms with van der Waals surface area (Å²) in [5.41, 5.74) is 0. The van der Waals surface area contributed by atoms with Gasteiger partial charge in [0.15, 0.2) is 0 Å². The van der Waals surface area contributed by atoms with Crippen LogP contribution in [0.3, 0.4) is 0 Å². The van der Waals surface area contributed by atoms with Crippen LogP contribution in [0.1, 0.15) is 13.8 Å². The fourth-order valence-electron chi connectivity index (χ4n) is 1.75. The molecule has 1 aromatic carbocycles. The van der Waals surface area contributed by atoms with E-state index in [0.717, 1.165) is 0 Å². The first-order chi connectivity index (χ1) is 11.0. The minimum absolute atomic E-state index is 0.0329. The summed E-state index contributed by atoms with van der Waals surface area (Å²) in [5.74, 6) is 1.10. The molecule has 2 aliphatic rings. The van der Waals surface area contributed by atoms with E-state index in [4.69, 9.17) is 27.8 Å². The van der Waals surface area contributed by atoms with Gasteiger partial charge in [-0.25, -0.2) is 4.57 Å². The van der Waals surface area contributed by atoms with Crippen molar-refractivity contribution < 1.29 is 32.3 Å². The van der Waals surface area contributed by atoms with Crippen LogP contribution < -0.4 is 9.26 Å². The fraction of sp³-hybridized carbons (Fsp3) is 0.600. The summed E-state index contributed by atoms with van der Waals surface area (Å²) in [4.78, 5) is 0. The molecule has 2 atom stereocenters. The highest BCUT2D eigenvalue weighted by atomic mass is 31.2. The molecule has 0 radical (unpaired) electrons. The van der Waals surface area contributed by atoms with Crippen LogP contribution >= 0.6 is 7.82 Å². The highest BCUT2D eigenvalue weighted by molar-refractivity contribution is 7.48. The van der Waals surface area contributed by atoms with Crippen molar-refractivity contribution in [1.82, 2.24) is 0 Å². The molecule has 1 aromatic rings. The average Bonchev–Trinajstić information content (AvgIpc) is 3.38. The lowest BCUT2D eigenvalue weighted by atomic mass is 10.3.